The van der Waals surface area contributed by atoms with Crippen LogP contribution in [0.3, 0.4) is 0 Å². The van der Waals surface area contributed by atoms with Crippen LogP contribution < -0.4 is 21.7 Å². The van der Waals surface area contributed by atoms with Gasteiger partial charge in [-0.3, -0.25) is 24.0 Å². The molecule has 68 heavy (non-hydrogen) atoms. The third-order valence-electron chi connectivity index (χ3n) is 19.0. The molecule has 386 valence electrons. The van der Waals surface area contributed by atoms with E-state index in [0.29, 0.717) is 36.8 Å². The first kappa shape index (κ1) is 55.3. The summed E-state index contributed by atoms with van der Waals surface area (Å²) < 4.78 is 11.5. The van der Waals surface area contributed by atoms with Gasteiger partial charge in [-0.2, -0.15) is 0 Å². The summed E-state index contributed by atoms with van der Waals surface area (Å²) in [6.45, 7) is 28.6. The number of nitrogens with one attached hydrogen (secondary N) is 3. The van der Waals surface area contributed by atoms with E-state index < -0.39 is 41.0 Å². The predicted octanol–water partition coefficient (Wildman–Crippen LogP) is 10.2. The Hall–Kier alpha value is -3.64. The zero-order chi connectivity index (χ0) is 50.7. The van der Waals surface area contributed by atoms with Gasteiger partial charge in [0.2, 0.25) is 17.7 Å². The molecule has 0 heterocycles. The van der Waals surface area contributed by atoms with Crippen molar-refractivity contribution in [3.63, 3.8) is 0 Å². The fraction of sp³-hybridized carbons (Fsp3) is 0.855. The van der Waals surface area contributed by atoms with Gasteiger partial charge in [0.15, 0.2) is 0 Å². The van der Waals surface area contributed by atoms with Crippen LogP contribution >= 0.6 is 0 Å². The average molecular weight is 953 g/mol. The van der Waals surface area contributed by atoms with Gasteiger partial charge in [0.05, 0.1) is 17.3 Å². The summed E-state index contributed by atoms with van der Waals surface area (Å²) in [6, 6.07) is -0.906. The third kappa shape index (κ3) is 11.6. The molecule has 0 bridgehead atoms. The zero-order valence-corrected chi connectivity index (χ0v) is 44.1. The molecule has 11 atom stereocenters. The van der Waals surface area contributed by atoms with Crippen molar-refractivity contribution in [2.45, 2.75) is 222 Å². The van der Waals surface area contributed by atoms with Crippen LogP contribution in [0.15, 0.2) is 12.2 Å². The molecule has 0 aromatic heterocycles. The smallest absolute Gasteiger partial charge is 0.408 e. The SMILES string of the molecule is C=C(C)[C@@H]1CC[C@]2(C(=O)NCCCCCCCCCNC(=O)[C@H](CCC(N)=O)NC(=O)OC(C)(C)C)CC[C@]3(C)[C@H](CC[C@@H]4[C@@]5(C)CC[C@H](OC(=O)CC(C)(C)C(=O)O)C(C)(C)[C@@H]5CC[C@]43C)[C@@H]12. The second-order valence-electron chi connectivity index (χ2n) is 25.3. The molecule has 0 saturated heterocycles. The highest BCUT2D eigenvalue weighted by Gasteiger charge is 2.72. The summed E-state index contributed by atoms with van der Waals surface area (Å²) in [5.74, 6) is -0.0610. The predicted molar refractivity (Wildman–Crippen MR) is 265 cm³/mol. The number of ether oxygens (including phenoxy) is 2. The number of hydrogen-bond donors (Lipinski definition) is 5. The summed E-state index contributed by atoms with van der Waals surface area (Å²) in [6.07, 6.45) is 16.1. The first-order valence-electron chi connectivity index (χ1n) is 26.5. The van der Waals surface area contributed by atoms with Crippen LogP contribution in [0.2, 0.25) is 0 Å². The topological polar surface area (TPSA) is 203 Å². The molecule has 5 rings (SSSR count). The average Bonchev–Trinajstić information content (AvgIpc) is 3.63. The van der Waals surface area contributed by atoms with Crippen LogP contribution in [0.4, 0.5) is 4.79 Å². The fourth-order valence-corrected chi connectivity index (χ4v) is 15.2. The van der Waals surface area contributed by atoms with Crippen LogP contribution in [-0.2, 0) is 33.4 Å². The van der Waals surface area contributed by atoms with Gasteiger partial charge in [0.1, 0.15) is 17.7 Å². The summed E-state index contributed by atoms with van der Waals surface area (Å²) >= 11 is 0. The molecular weight excluding hydrogens is 861 g/mol. The Morgan fingerprint density at radius 3 is 1.96 bits per heavy atom. The maximum Gasteiger partial charge on any atom is 0.408 e. The Labute approximate surface area is 409 Å². The molecule has 0 aliphatic heterocycles. The molecule has 13 nitrogen and oxygen atoms in total. The van der Waals surface area contributed by atoms with E-state index in [1.54, 1.807) is 34.6 Å². The maximum atomic E-state index is 14.7. The van der Waals surface area contributed by atoms with Crippen molar-refractivity contribution in [3.8, 4) is 0 Å². The van der Waals surface area contributed by atoms with Crippen LogP contribution in [0.5, 0.6) is 0 Å². The van der Waals surface area contributed by atoms with E-state index in [1.807, 2.05) is 0 Å². The lowest BCUT2D eigenvalue weighted by Gasteiger charge is -2.72. The van der Waals surface area contributed by atoms with E-state index >= 15 is 0 Å². The molecule has 5 aliphatic rings. The number of esters is 1. The van der Waals surface area contributed by atoms with Crippen molar-refractivity contribution in [2.75, 3.05) is 13.1 Å². The summed E-state index contributed by atoms with van der Waals surface area (Å²) in [7, 11) is 0. The molecule has 6 N–H and O–H groups in total. The van der Waals surface area contributed by atoms with Crippen molar-refractivity contribution in [2.24, 2.45) is 67.8 Å². The molecule has 0 radical (unpaired) electrons. The van der Waals surface area contributed by atoms with E-state index in [2.05, 4.69) is 64.1 Å². The van der Waals surface area contributed by atoms with Crippen LogP contribution in [0.1, 0.15) is 205 Å². The summed E-state index contributed by atoms with van der Waals surface area (Å²) in [5.41, 5.74) is 4.32. The van der Waals surface area contributed by atoms with Crippen molar-refractivity contribution in [3.05, 3.63) is 12.2 Å². The number of aliphatic carboxylic acids is 1. The van der Waals surface area contributed by atoms with Crippen molar-refractivity contribution >= 4 is 35.8 Å². The lowest BCUT2D eigenvalue weighted by atomic mass is 9.32. The van der Waals surface area contributed by atoms with Gasteiger partial charge in [-0.25, -0.2) is 4.79 Å². The van der Waals surface area contributed by atoms with Gasteiger partial charge in [-0.05, 0) is 171 Å². The number of unbranched alkanes of at least 4 members (excludes halogenated alkanes) is 6. The Morgan fingerprint density at radius 1 is 0.750 bits per heavy atom. The zero-order valence-electron chi connectivity index (χ0n) is 44.1. The second-order valence-corrected chi connectivity index (χ2v) is 25.3. The number of nitrogens with two attached hydrogens (primary N) is 1. The maximum absolute atomic E-state index is 14.7. The largest absolute Gasteiger partial charge is 0.481 e. The van der Waals surface area contributed by atoms with Gasteiger partial charge in [-0.1, -0.05) is 78.9 Å². The second kappa shape index (κ2) is 21.4. The molecule has 5 aliphatic carbocycles. The molecule has 5 saturated carbocycles. The standard InChI is InChI=1S/C55H92N4O9/c1-35(2)36-24-29-55(46(63)58-33-19-17-15-13-14-16-18-32-57-45(62)38(21-23-42(56)60)59-48(66)68-49(3,4)5)31-30-53(11)37(44(36)55)20-22-40-52(10)27-26-41(67-43(61)34-50(6,7)47(64)65)51(8,9)39(52)25-28-54(40,53)12/h36-41,44H,1,13-34H2,2-12H3,(H2,56,60)(H,57,62)(H,58,63)(H,59,66)(H,64,65)/t36-,37+,38-,39-,40+,41-,44+,52-,53+,54+,55-/m0/s1. The Balaban J connectivity index is 1.11. The lowest BCUT2D eigenvalue weighted by molar-refractivity contribution is -0.249. The first-order valence-corrected chi connectivity index (χ1v) is 26.5. The molecule has 0 aromatic carbocycles. The van der Waals surface area contributed by atoms with Gasteiger partial charge < -0.3 is 36.3 Å². The van der Waals surface area contributed by atoms with Crippen LogP contribution in [0, 0.1) is 62.1 Å². The Morgan fingerprint density at radius 2 is 1.37 bits per heavy atom. The van der Waals surface area contributed by atoms with Crippen molar-refractivity contribution in [1.82, 2.24) is 16.0 Å². The first-order chi connectivity index (χ1) is 31.6. The van der Waals surface area contributed by atoms with E-state index in [4.69, 9.17) is 15.2 Å². The monoisotopic (exact) mass is 953 g/mol. The molecular formula is C55H92N4O9. The number of hydrogen-bond acceptors (Lipinski definition) is 8. The number of fused-ring (bicyclic) bond motifs is 7. The van der Waals surface area contributed by atoms with Gasteiger partial charge in [0.25, 0.3) is 0 Å². The Bertz CT molecular complexity index is 1870. The number of carbonyl (C=O) groups excluding carboxylic acids is 5. The molecule has 13 heteroatoms. The van der Waals surface area contributed by atoms with Crippen molar-refractivity contribution < 1.29 is 43.3 Å². The Kier molecular flexibility index (Phi) is 17.4. The molecule has 0 unspecified atom stereocenters. The number of alkyl carbamates (subject to hydrolysis) is 1. The number of primary amides is 1. The van der Waals surface area contributed by atoms with Gasteiger partial charge >= 0.3 is 18.0 Å². The highest BCUT2D eigenvalue weighted by molar-refractivity contribution is 5.86. The minimum Gasteiger partial charge on any atom is -0.481 e. The minimum absolute atomic E-state index is 0.0268. The van der Waals surface area contributed by atoms with E-state index in [9.17, 15) is 33.9 Å². The van der Waals surface area contributed by atoms with E-state index in [0.717, 1.165) is 109 Å². The van der Waals surface area contributed by atoms with Crippen LogP contribution in [-0.4, -0.2) is 71.7 Å². The van der Waals surface area contributed by atoms with Gasteiger partial charge in [0, 0.05) is 24.9 Å². The normalized spacial score (nSPS) is 33.3. The number of amides is 4. The highest BCUT2D eigenvalue weighted by atomic mass is 16.6. The number of allylic oxidation sites excluding steroid dienone is 1. The number of carbonyl (C=O) groups is 6. The van der Waals surface area contributed by atoms with Crippen LogP contribution in [0.25, 0.3) is 0 Å². The number of rotatable bonds is 21. The molecule has 0 spiro atoms. The lowest BCUT2D eigenvalue weighted by Crippen LogP contribution is -2.67. The molecule has 0 aromatic rings. The number of carboxylic acid groups (broad SMARTS) is 1. The minimum atomic E-state index is -1.17. The molecule has 4 amide bonds. The van der Waals surface area contributed by atoms with E-state index in [1.165, 1.54) is 5.57 Å². The third-order valence-corrected chi connectivity index (χ3v) is 19.0. The number of carboxylic acids is 1. The molecule has 5 fully saturated rings. The quantitative estimate of drug-likeness (QED) is 0.0421. The summed E-state index contributed by atoms with van der Waals surface area (Å²) in [5, 5.41) is 18.6. The van der Waals surface area contributed by atoms with Gasteiger partial charge in [-0.15, -0.1) is 0 Å². The van der Waals surface area contributed by atoms with E-state index in [-0.39, 0.29) is 70.2 Å². The summed E-state index contributed by atoms with van der Waals surface area (Å²) in [4.78, 5) is 76.1. The fourth-order valence-electron chi connectivity index (χ4n) is 15.2. The van der Waals surface area contributed by atoms with Crippen molar-refractivity contribution in [1.29, 1.82) is 0 Å². The highest BCUT2D eigenvalue weighted by Crippen LogP contribution is 2.77.